The molecule has 1 saturated heterocycles. The van der Waals surface area contributed by atoms with Gasteiger partial charge in [0.2, 0.25) is 5.91 Å². The van der Waals surface area contributed by atoms with Gasteiger partial charge in [-0.3, -0.25) is 9.69 Å². The zero-order valence-corrected chi connectivity index (χ0v) is 13.8. The van der Waals surface area contributed by atoms with Crippen LogP contribution in [0.25, 0.3) is 11.1 Å². The van der Waals surface area contributed by atoms with E-state index >= 15 is 0 Å². The van der Waals surface area contributed by atoms with Crippen molar-refractivity contribution < 1.29 is 23.1 Å². The van der Waals surface area contributed by atoms with Crippen molar-refractivity contribution in [3.8, 4) is 11.1 Å². The topological polar surface area (TPSA) is 97.5 Å². The van der Waals surface area contributed by atoms with Gasteiger partial charge in [0.15, 0.2) is 0 Å². The predicted octanol–water partition coefficient (Wildman–Crippen LogP) is 2.07. The first kappa shape index (κ1) is 17.6. The Morgan fingerprint density at radius 1 is 1.38 bits per heavy atom. The van der Waals surface area contributed by atoms with E-state index in [1.54, 1.807) is 0 Å². The fraction of sp³-hybridized carbons (Fsp3) is 0.235. The Kier molecular flexibility index (Phi) is 4.70. The molecule has 0 radical (unpaired) electrons. The number of halogens is 2. The van der Waals surface area contributed by atoms with Gasteiger partial charge in [-0.25, -0.2) is 18.6 Å². The van der Waals surface area contributed by atoms with Gasteiger partial charge in [0, 0.05) is 18.7 Å². The third-order valence-electron chi connectivity index (χ3n) is 3.87. The third kappa shape index (κ3) is 3.56. The number of pyridine rings is 1. The highest BCUT2D eigenvalue weighted by molar-refractivity contribution is 5.90. The molecule has 1 aromatic heterocycles. The van der Waals surface area contributed by atoms with E-state index in [9.17, 15) is 18.4 Å². The Balaban J connectivity index is 1.85. The lowest BCUT2D eigenvalue weighted by molar-refractivity contribution is -0.119. The Morgan fingerprint density at radius 3 is 2.65 bits per heavy atom. The van der Waals surface area contributed by atoms with Crippen LogP contribution in [-0.2, 0) is 9.53 Å². The van der Waals surface area contributed by atoms with Gasteiger partial charge in [-0.1, -0.05) is 0 Å². The molecule has 3 rings (SSSR count). The second kappa shape index (κ2) is 6.95. The smallest absolute Gasteiger partial charge is 0.414 e. The van der Waals surface area contributed by atoms with Crippen LogP contribution in [0.2, 0.25) is 0 Å². The van der Waals surface area contributed by atoms with Crippen LogP contribution in [0.5, 0.6) is 0 Å². The van der Waals surface area contributed by atoms with Crippen molar-refractivity contribution in [2.45, 2.75) is 13.0 Å². The van der Waals surface area contributed by atoms with Gasteiger partial charge in [0.25, 0.3) is 0 Å². The van der Waals surface area contributed by atoms with Crippen molar-refractivity contribution in [3.63, 3.8) is 0 Å². The van der Waals surface area contributed by atoms with Crippen molar-refractivity contribution in [1.82, 2.24) is 10.3 Å². The molecule has 0 saturated carbocycles. The SMILES string of the molecule is CC(=O)NC[C@H]1CN(c2cc(F)c(-c3ccc(N)nc3)c(F)c2)C(=O)O1. The van der Waals surface area contributed by atoms with Gasteiger partial charge in [-0.15, -0.1) is 0 Å². The number of nitrogen functional groups attached to an aromatic ring is 1. The fourth-order valence-electron chi connectivity index (χ4n) is 2.64. The number of nitrogens with zero attached hydrogens (tertiary/aromatic N) is 2. The molecule has 2 amide bonds. The molecule has 9 heteroatoms. The second-order valence-corrected chi connectivity index (χ2v) is 5.81. The molecule has 0 unspecified atom stereocenters. The molecule has 3 N–H and O–H groups in total. The molecule has 1 aliphatic heterocycles. The van der Waals surface area contributed by atoms with Crippen LogP contribution in [0.15, 0.2) is 30.5 Å². The minimum absolute atomic E-state index is 0.0301. The number of hydrogen-bond acceptors (Lipinski definition) is 5. The number of rotatable bonds is 4. The van der Waals surface area contributed by atoms with Gasteiger partial charge in [0.1, 0.15) is 23.6 Å². The third-order valence-corrected chi connectivity index (χ3v) is 3.87. The lowest BCUT2D eigenvalue weighted by Crippen LogP contribution is -2.33. The van der Waals surface area contributed by atoms with E-state index in [-0.39, 0.29) is 41.6 Å². The molecule has 0 bridgehead atoms. The molecule has 136 valence electrons. The highest BCUT2D eigenvalue weighted by Gasteiger charge is 2.33. The zero-order valence-electron chi connectivity index (χ0n) is 13.8. The summed E-state index contributed by atoms with van der Waals surface area (Å²) in [7, 11) is 0. The van der Waals surface area contributed by atoms with E-state index in [4.69, 9.17) is 10.5 Å². The Morgan fingerprint density at radius 2 is 2.08 bits per heavy atom. The number of aromatic nitrogens is 1. The summed E-state index contributed by atoms with van der Waals surface area (Å²) in [5.74, 6) is -1.72. The number of ether oxygens (including phenoxy) is 1. The average Bonchev–Trinajstić information content (AvgIpc) is 2.95. The molecule has 1 fully saturated rings. The van der Waals surface area contributed by atoms with Crippen LogP contribution in [0.3, 0.4) is 0 Å². The molecule has 1 atom stereocenters. The number of nitrogens with one attached hydrogen (secondary N) is 1. The molecule has 0 aliphatic carbocycles. The quantitative estimate of drug-likeness (QED) is 0.868. The second-order valence-electron chi connectivity index (χ2n) is 5.81. The van der Waals surface area contributed by atoms with E-state index in [1.807, 2.05) is 0 Å². The van der Waals surface area contributed by atoms with Crippen LogP contribution in [0.4, 0.5) is 25.1 Å². The summed E-state index contributed by atoms with van der Waals surface area (Å²) in [5, 5.41) is 2.53. The van der Waals surface area contributed by atoms with Crippen molar-refractivity contribution >= 4 is 23.5 Å². The van der Waals surface area contributed by atoms with Crippen molar-refractivity contribution in [1.29, 1.82) is 0 Å². The number of benzene rings is 1. The Labute approximate surface area is 147 Å². The monoisotopic (exact) mass is 362 g/mol. The highest BCUT2D eigenvalue weighted by atomic mass is 19.1. The number of nitrogens with two attached hydrogens (primary N) is 1. The molecule has 26 heavy (non-hydrogen) atoms. The summed E-state index contributed by atoms with van der Waals surface area (Å²) in [5.41, 5.74) is 5.48. The fourth-order valence-corrected chi connectivity index (χ4v) is 2.64. The molecular formula is C17H16F2N4O3. The standard InChI is InChI=1S/C17H16F2N4O3/c1-9(24)21-7-12-8-23(17(25)26-12)11-4-13(18)16(14(19)5-11)10-2-3-15(20)22-6-10/h2-6,12H,7-8H2,1H3,(H2,20,22)(H,21,24)/t12-/m0/s1. The normalized spacial score (nSPS) is 16.5. The van der Waals surface area contributed by atoms with Crippen molar-refractivity contribution in [3.05, 3.63) is 42.1 Å². The van der Waals surface area contributed by atoms with Crippen LogP contribution in [-0.4, -0.2) is 36.2 Å². The number of carbonyl (C=O) groups excluding carboxylic acids is 2. The van der Waals surface area contributed by atoms with E-state index in [0.717, 1.165) is 17.0 Å². The summed E-state index contributed by atoms with van der Waals surface area (Å²) in [6.45, 7) is 1.53. The van der Waals surface area contributed by atoms with E-state index in [1.165, 1.54) is 25.3 Å². The minimum Gasteiger partial charge on any atom is -0.442 e. The van der Waals surface area contributed by atoms with Crippen LogP contribution in [0.1, 0.15) is 6.92 Å². The first-order chi connectivity index (χ1) is 12.3. The maximum Gasteiger partial charge on any atom is 0.414 e. The zero-order chi connectivity index (χ0) is 18.8. The molecular weight excluding hydrogens is 346 g/mol. The Hall–Kier alpha value is -3.23. The van der Waals surface area contributed by atoms with Crippen LogP contribution in [0, 0.1) is 11.6 Å². The molecule has 2 heterocycles. The van der Waals surface area contributed by atoms with E-state index in [0.29, 0.717) is 0 Å². The minimum atomic E-state index is -0.843. The maximum atomic E-state index is 14.5. The average molecular weight is 362 g/mol. The summed E-state index contributed by atoms with van der Waals surface area (Å²) in [4.78, 5) is 27.8. The van der Waals surface area contributed by atoms with E-state index in [2.05, 4.69) is 10.3 Å². The summed E-state index contributed by atoms with van der Waals surface area (Å²) in [6.07, 6.45) is -0.0658. The number of anilines is 2. The summed E-state index contributed by atoms with van der Waals surface area (Å²) >= 11 is 0. The first-order valence-corrected chi connectivity index (χ1v) is 7.78. The molecule has 1 aromatic carbocycles. The lowest BCUT2D eigenvalue weighted by atomic mass is 10.1. The van der Waals surface area contributed by atoms with Crippen LogP contribution < -0.4 is 16.0 Å². The first-order valence-electron chi connectivity index (χ1n) is 7.78. The molecule has 1 aliphatic rings. The number of hydrogen-bond donors (Lipinski definition) is 2. The van der Waals surface area contributed by atoms with Gasteiger partial charge in [-0.05, 0) is 24.3 Å². The van der Waals surface area contributed by atoms with E-state index < -0.39 is 23.8 Å². The van der Waals surface area contributed by atoms with Crippen molar-refractivity contribution in [2.24, 2.45) is 0 Å². The molecule has 7 nitrogen and oxygen atoms in total. The maximum absolute atomic E-state index is 14.5. The largest absolute Gasteiger partial charge is 0.442 e. The highest BCUT2D eigenvalue weighted by Crippen LogP contribution is 2.31. The van der Waals surface area contributed by atoms with Gasteiger partial charge in [0.05, 0.1) is 24.3 Å². The Bertz CT molecular complexity index is 835. The van der Waals surface area contributed by atoms with Gasteiger partial charge >= 0.3 is 6.09 Å². The molecule has 2 aromatic rings. The lowest BCUT2D eigenvalue weighted by Gasteiger charge is -2.15. The summed E-state index contributed by atoms with van der Waals surface area (Å²) < 4.78 is 34.1. The summed E-state index contributed by atoms with van der Waals surface area (Å²) in [6, 6.07) is 5.00. The predicted molar refractivity (Wildman–Crippen MR) is 90.3 cm³/mol. The van der Waals surface area contributed by atoms with Crippen LogP contribution >= 0.6 is 0 Å². The van der Waals surface area contributed by atoms with Crippen molar-refractivity contribution in [2.75, 3.05) is 23.7 Å². The van der Waals surface area contributed by atoms with Gasteiger partial charge in [-0.2, -0.15) is 0 Å². The number of cyclic esters (lactones) is 1. The number of carbonyl (C=O) groups is 2. The molecule has 0 spiro atoms. The van der Waals surface area contributed by atoms with Gasteiger partial charge < -0.3 is 15.8 Å². The number of amides is 2.